The van der Waals surface area contributed by atoms with E-state index in [4.69, 9.17) is 4.74 Å². The number of nitrogens with zero attached hydrogens (tertiary/aromatic N) is 2. The second-order valence-corrected chi connectivity index (χ2v) is 4.92. The minimum atomic E-state index is -0.720. The Morgan fingerprint density at radius 1 is 1.52 bits per heavy atom. The van der Waals surface area contributed by atoms with Crippen LogP contribution in [0.5, 0.6) is 5.75 Å². The molecule has 8 heteroatoms. The van der Waals surface area contributed by atoms with Crippen LogP contribution in [0, 0.1) is 15.9 Å². The topological polar surface area (TPSA) is 84.7 Å². The number of hydrogen-bond donors (Lipinski definition) is 1. The molecule has 1 atom stereocenters. The maximum Gasteiger partial charge on any atom is 0.313 e. The highest BCUT2D eigenvalue weighted by Crippen LogP contribution is 2.33. The zero-order valence-electron chi connectivity index (χ0n) is 11.8. The van der Waals surface area contributed by atoms with Gasteiger partial charge in [0.15, 0.2) is 11.6 Å². The van der Waals surface area contributed by atoms with E-state index < -0.39 is 16.4 Å². The number of anilines is 1. The highest BCUT2D eigenvalue weighted by Gasteiger charge is 2.25. The van der Waals surface area contributed by atoms with E-state index in [0.29, 0.717) is 19.4 Å². The SMILES string of the molecule is COc1cc(N[C@H]2CCC(=O)N(C)C2)c(F)cc1[N+](=O)[O-]. The van der Waals surface area contributed by atoms with Gasteiger partial charge in [-0.3, -0.25) is 14.9 Å². The number of amides is 1. The maximum absolute atomic E-state index is 14.0. The lowest BCUT2D eigenvalue weighted by molar-refractivity contribution is -0.385. The summed E-state index contributed by atoms with van der Waals surface area (Å²) in [6, 6.07) is 2.00. The highest BCUT2D eigenvalue weighted by molar-refractivity contribution is 5.77. The first-order valence-electron chi connectivity index (χ1n) is 6.44. The van der Waals surface area contributed by atoms with Crippen molar-refractivity contribution in [3.63, 3.8) is 0 Å². The fourth-order valence-electron chi connectivity index (χ4n) is 2.31. The van der Waals surface area contributed by atoms with Gasteiger partial charge in [-0.15, -0.1) is 0 Å². The predicted octanol–water partition coefficient (Wildman–Crippen LogP) is 1.78. The van der Waals surface area contributed by atoms with Crippen LogP contribution in [0.2, 0.25) is 0 Å². The summed E-state index contributed by atoms with van der Waals surface area (Å²) in [4.78, 5) is 23.1. The molecule has 0 bridgehead atoms. The molecule has 0 saturated carbocycles. The molecule has 21 heavy (non-hydrogen) atoms. The number of carbonyl (C=O) groups excluding carboxylic acids is 1. The number of benzene rings is 1. The Morgan fingerprint density at radius 3 is 2.81 bits per heavy atom. The van der Waals surface area contributed by atoms with Gasteiger partial charge in [0.05, 0.1) is 23.8 Å². The average molecular weight is 297 g/mol. The van der Waals surface area contributed by atoms with Crippen LogP contribution < -0.4 is 10.1 Å². The summed E-state index contributed by atoms with van der Waals surface area (Å²) in [5.41, 5.74) is -0.290. The van der Waals surface area contributed by atoms with Gasteiger partial charge in [-0.25, -0.2) is 4.39 Å². The number of rotatable bonds is 4. The number of ether oxygens (including phenoxy) is 1. The lowest BCUT2D eigenvalue weighted by Gasteiger charge is -2.30. The number of carbonyl (C=O) groups is 1. The minimum absolute atomic E-state index is 0.0101. The van der Waals surface area contributed by atoms with Crippen molar-refractivity contribution in [3.05, 3.63) is 28.1 Å². The van der Waals surface area contributed by atoms with Crippen LogP contribution in [0.1, 0.15) is 12.8 Å². The Balaban J connectivity index is 2.20. The van der Waals surface area contributed by atoms with E-state index in [1.54, 1.807) is 11.9 Å². The lowest BCUT2D eigenvalue weighted by Crippen LogP contribution is -2.43. The number of hydrogen-bond acceptors (Lipinski definition) is 5. The maximum atomic E-state index is 14.0. The van der Waals surface area contributed by atoms with Crippen molar-refractivity contribution < 1.29 is 18.8 Å². The molecule has 0 spiro atoms. The minimum Gasteiger partial charge on any atom is -0.490 e. The molecule has 1 aliphatic heterocycles. The third-order valence-electron chi connectivity index (χ3n) is 3.45. The van der Waals surface area contributed by atoms with Crippen LogP contribution in [0.15, 0.2) is 12.1 Å². The first kappa shape index (κ1) is 15.0. The van der Waals surface area contributed by atoms with E-state index in [-0.39, 0.29) is 23.4 Å². The smallest absolute Gasteiger partial charge is 0.313 e. The first-order valence-corrected chi connectivity index (χ1v) is 6.44. The highest BCUT2D eigenvalue weighted by atomic mass is 19.1. The molecule has 1 aromatic carbocycles. The molecule has 0 unspecified atom stereocenters. The van der Waals surface area contributed by atoms with Crippen LogP contribution >= 0.6 is 0 Å². The Labute approximate surface area is 120 Å². The molecule has 7 nitrogen and oxygen atoms in total. The average Bonchev–Trinajstić information content (AvgIpc) is 2.44. The van der Waals surface area contributed by atoms with E-state index in [0.717, 1.165) is 6.07 Å². The van der Waals surface area contributed by atoms with Crippen molar-refractivity contribution >= 4 is 17.3 Å². The largest absolute Gasteiger partial charge is 0.490 e. The molecule has 0 radical (unpaired) electrons. The number of nitrogens with one attached hydrogen (secondary N) is 1. The van der Waals surface area contributed by atoms with Gasteiger partial charge in [0, 0.05) is 32.1 Å². The van der Waals surface area contributed by atoms with Gasteiger partial charge in [-0.2, -0.15) is 0 Å². The number of likely N-dealkylation sites (N-methyl/N-ethyl adjacent to an activating group) is 1. The summed E-state index contributed by atoms with van der Waals surface area (Å²) in [5, 5.41) is 13.8. The van der Waals surface area contributed by atoms with E-state index in [2.05, 4.69) is 5.32 Å². The quantitative estimate of drug-likeness (QED) is 0.676. The molecular formula is C13H16FN3O4. The van der Waals surface area contributed by atoms with Gasteiger partial charge in [0.1, 0.15) is 0 Å². The third-order valence-corrected chi connectivity index (χ3v) is 3.45. The summed E-state index contributed by atoms with van der Waals surface area (Å²) in [6.45, 7) is 0.456. The van der Waals surface area contributed by atoms with Crippen molar-refractivity contribution in [3.8, 4) is 5.75 Å². The summed E-state index contributed by atoms with van der Waals surface area (Å²) < 4.78 is 18.9. The molecular weight excluding hydrogens is 281 g/mol. The molecule has 1 heterocycles. The fraction of sp³-hybridized carbons (Fsp3) is 0.462. The third kappa shape index (κ3) is 3.21. The molecule has 0 aliphatic carbocycles. The van der Waals surface area contributed by atoms with E-state index in [1.165, 1.54) is 13.2 Å². The van der Waals surface area contributed by atoms with Crippen LogP contribution in [-0.2, 0) is 4.79 Å². The van der Waals surface area contributed by atoms with Gasteiger partial charge in [0.2, 0.25) is 5.91 Å². The zero-order valence-corrected chi connectivity index (χ0v) is 11.8. The summed E-state index contributed by atoms with van der Waals surface area (Å²) in [6.07, 6.45) is 0.974. The Hall–Kier alpha value is -2.38. The van der Waals surface area contributed by atoms with Crippen LogP contribution in [-0.4, -0.2) is 42.5 Å². The summed E-state index contributed by atoms with van der Waals surface area (Å²) >= 11 is 0. The van der Waals surface area contributed by atoms with Crippen molar-refractivity contribution in [1.82, 2.24) is 4.90 Å². The van der Waals surface area contributed by atoms with Crippen LogP contribution in [0.25, 0.3) is 0 Å². The van der Waals surface area contributed by atoms with Gasteiger partial charge in [0.25, 0.3) is 0 Å². The monoisotopic (exact) mass is 297 g/mol. The van der Waals surface area contributed by atoms with E-state index in [1.807, 2.05) is 0 Å². The fourth-order valence-corrected chi connectivity index (χ4v) is 2.31. The number of nitro benzene ring substituents is 1. The van der Waals surface area contributed by atoms with Crippen molar-refractivity contribution in [1.29, 1.82) is 0 Å². The van der Waals surface area contributed by atoms with Gasteiger partial charge in [-0.05, 0) is 6.42 Å². The molecule has 1 amide bonds. The first-order chi connectivity index (χ1) is 9.92. The summed E-state index contributed by atoms with van der Waals surface area (Å²) in [7, 11) is 2.97. The number of halogens is 1. The molecule has 1 N–H and O–H groups in total. The van der Waals surface area contributed by atoms with E-state index >= 15 is 0 Å². The standard InChI is InChI=1S/C13H16FN3O4/c1-16-7-8(3-4-13(16)18)15-10-6-12(21-2)11(17(19)20)5-9(10)14/h5-6,8,15H,3-4,7H2,1-2H3/t8-/m0/s1. The number of likely N-dealkylation sites (tertiary alicyclic amines) is 1. The van der Waals surface area contributed by atoms with Crippen molar-refractivity contribution in [2.45, 2.75) is 18.9 Å². The second-order valence-electron chi connectivity index (χ2n) is 4.92. The summed E-state index contributed by atoms with van der Waals surface area (Å²) in [5.74, 6) is -0.680. The van der Waals surface area contributed by atoms with Gasteiger partial charge in [-0.1, -0.05) is 0 Å². The Morgan fingerprint density at radius 2 is 2.24 bits per heavy atom. The molecule has 1 aromatic rings. The second kappa shape index (κ2) is 5.94. The normalized spacial score (nSPS) is 18.5. The number of nitro groups is 1. The molecule has 1 aliphatic rings. The molecule has 114 valence electrons. The van der Waals surface area contributed by atoms with Gasteiger partial charge >= 0.3 is 5.69 Å². The Bertz CT molecular complexity index is 579. The molecule has 2 rings (SSSR count). The molecule has 1 fully saturated rings. The van der Waals surface area contributed by atoms with Gasteiger partial charge < -0.3 is 15.0 Å². The van der Waals surface area contributed by atoms with Crippen LogP contribution in [0.3, 0.4) is 0 Å². The number of methoxy groups -OCH3 is 1. The number of piperidine rings is 1. The Kier molecular flexibility index (Phi) is 4.25. The van der Waals surface area contributed by atoms with Crippen molar-refractivity contribution in [2.24, 2.45) is 0 Å². The molecule has 0 aromatic heterocycles. The van der Waals surface area contributed by atoms with Crippen LogP contribution in [0.4, 0.5) is 15.8 Å². The van der Waals surface area contributed by atoms with E-state index in [9.17, 15) is 19.3 Å². The predicted molar refractivity (Wildman–Crippen MR) is 73.9 cm³/mol. The molecule has 1 saturated heterocycles. The lowest BCUT2D eigenvalue weighted by atomic mass is 10.1. The van der Waals surface area contributed by atoms with Crippen molar-refractivity contribution in [2.75, 3.05) is 26.0 Å². The zero-order chi connectivity index (χ0) is 15.6.